The van der Waals surface area contributed by atoms with E-state index >= 15 is 0 Å². The summed E-state index contributed by atoms with van der Waals surface area (Å²) in [6.07, 6.45) is 3.70. The van der Waals surface area contributed by atoms with Gasteiger partial charge in [0.15, 0.2) is 0 Å². The molecular weight excluding hydrogens is 306 g/mol. The van der Waals surface area contributed by atoms with Gasteiger partial charge in [0, 0.05) is 10.5 Å². The van der Waals surface area contributed by atoms with E-state index in [1.807, 2.05) is 6.07 Å². The Morgan fingerprint density at radius 3 is 2.68 bits per heavy atom. The van der Waals surface area contributed by atoms with Gasteiger partial charge in [-0.2, -0.15) is 0 Å². The smallest absolute Gasteiger partial charge is 0.310 e. The molecule has 1 aliphatic rings. The van der Waals surface area contributed by atoms with E-state index in [0.29, 0.717) is 6.04 Å². The van der Waals surface area contributed by atoms with Crippen LogP contribution in [0.1, 0.15) is 37.8 Å². The first kappa shape index (κ1) is 12.9. The number of imidazole rings is 1. The van der Waals surface area contributed by atoms with Gasteiger partial charge in [0.05, 0.1) is 11.0 Å². The van der Waals surface area contributed by atoms with Gasteiger partial charge in [-0.1, -0.05) is 22.9 Å². The van der Waals surface area contributed by atoms with E-state index in [-0.39, 0.29) is 5.69 Å². The monoisotopic (exact) mass is 323 g/mol. The lowest BCUT2D eigenvalue weighted by molar-refractivity contribution is 0.480. The third-order valence-electron chi connectivity index (χ3n) is 3.68. The van der Waals surface area contributed by atoms with Crippen LogP contribution in [0.4, 0.5) is 0 Å². The van der Waals surface area contributed by atoms with Crippen molar-refractivity contribution in [3.8, 4) is 0 Å². The van der Waals surface area contributed by atoms with Crippen molar-refractivity contribution in [1.82, 2.24) is 15.3 Å². The van der Waals surface area contributed by atoms with Crippen LogP contribution in [0.3, 0.4) is 0 Å². The number of benzene rings is 1. The summed E-state index contributed by atoms with van der Waals surface area (Å²) in [5.41, 5.74) is 2.83. The predicted molar refractivity (Wildman–Crippen MR) is 80.4 cm³/mol. The molecule has 1 aromatic heterocycles. The number of aromatic amines is 2. The van der Waals surface area contributed by atoms with Crippen molar-refractivity contribution >= 4 is 27.0 Å². The summed E-state index contributed by atoms with van der Waals surface area (Å²) < 4.78 is 1.07. The van der Waals surface area contributed by atoms with Crippen LogP contribution in [-0.4, -0.2) is 16.5 Å². The molecule has 102 valence electrons. The highest BCUT2D eigenvalue weighted by molar-refractivity contribution is 9.10. The van der Waals surface area contributed by atoms with Crippen LogP contribution in [0.25, 0.3) is 11.0 Å². The summed E-state index contributed by atoms with van der Waals surface area (Å²) in [4.78, 5) is 17.0. The van der Waals surface area contributed by atoms with Crippen LogP contribution in [0.2, 0.25) is 0 Å². The summed E-state index contributed by atoms with van der Waals surface area (Å²) in [5, 5.41) is 3.63. The van der Waals surface area contributed by atoms with Crippen LogP contribution >= 0.6 is 15.9 Å². The van der Waals surface area contributed by atoms with Gasteiger partial charge in [0.1, 0.15) is 0 Å². The Balaban J connectivity index is 2.00. The van der Waals surface area contributed by atoms with Gasteiger partial charge in [0.25, 0.3) is 0 Å². The molecule has 3 N–H and O–H groups in total. The lowest BCUT2D eigenvalue weighted by atomic mass is 10.0. The van der Waals surface area contributed by atoms with Crippen LogP contribution in [0.5, 0.6) is 0 Å². The average Bonchev–Trinajstić information content (AvgIpc) is 3.13. The van der Waals surface area contributed by atoms with E-state index in [4.69, 9.17) is 0 Å². The number of rotatable bonds is 5. The van der Waals surface area contributed by atoms with Crippen molar-refractivity contribution < 1.29 is 0 Å². The van der Waals surface area contributed by atoms with Crippen molar-refractivity contribution in [3.05, 3.63) is 32.7 Å². The Morgan fingerprint density at radius 2 is 2.05 bits per heavy atom. The van der Waals surface area contributed by atoms with Crippen molar-refractivity contribution in [2.45, 2.75) is 32.2 Å². The lowest BCUT2D eigenvalue weighted by Gasteiger charge is -2.20. The molecule has 19 heavy (non-hydrogen) atoms. The molecular formula is C14H18BrN3O. The standard InChI is InChI=1S/C14H18BrN3O/c1-2-5-16-13(8-3-4-8)9-6-11-12(7-10(9)15)18-14(19)17-11/h6-8,13,16H,2-5H2,1H3,(H2,17,18,19). The largest absolute Gasteiger partial charge is 0.323 e. The predicted octanol–water partition coefficient (Wildman–Crippen LogP) is 3.07. The molecule has 1 unspecified atom stereocenters. The molecule has 1 aliphatic carbocycles. The average molecular weight is 324 g/mol. The molecule has 0 saturated heterocycles. The first-order valence-electron chi connectivity index (χ1n) is 6.84. The van der Waals surface area contributed by atoms with Crippen molar-refractivity contribution in [2.24, 2.45) is 5.92 Å². The van der Waals surface area contributed by atoms with Crippen molar-refractivity contribution in [3.63, 3.8) is 0 Å². The van der Waals surface area contributed by atoms with Gasteiger partial charge in [0.2, 0.25) is 0 Å². The van der Waals surface area contributed by atoms with E-state index in [0.717, 1.165) is 34.4 Å². The number of hydrogen-bond donors (Lipinski definition) is 3. The minimum atomic E-state index is -0.150. The number of fused-ring (bicyclic) bond motifs is 1. The van der Waals surface area contributed by atoms with Crippen LogP contribution in [-0.2, 0) is 0 Å². The molecule has 0 amide bonds. The van der Waals surface area contributed by atoms with E-state index in [9.17, 15) is 4.79 Å². The number of nitrogens with one attached hydrogen (secondary N) is 3. The number of hydrogen-bond acceptors (Lipinski definition) is 2. The Morgan fingerprint density at radius 1 is 1.37 bits per heavy atom. The molecule has 1 fully saturated rings. The van der Waals surface area contributed by atoms with Crippen LogP contribution < -0.4 is 11.0 Å². The van der Waals surface area contributed by atoms with Gasteiger partial charge in [-0.05, 0) is 49.4 Å². The molecule has 0 aliphatic heterocycles. The molecule has 0 spiro atoms. The zero-order chi connectivity index (χ0) is 13.4. The van der Waals surface area contributed by atoms with Crippen molar-refractivity contribution in [2.75, 3.05) is 6.54 Å². The molecule has 2 aromatic rings. The number of H-pyrrole nitrogens is 2. The van der Waals surface area contributed by atoms with E-state index in [1.54, 1.807) is 0 Å². The highest BCUT2D eigenvalue weighted by Gasteiger charge is 2.33. The molecule has 1 aromatic carbocycles. The molecule has 1 heterocycles. The quantitative estimate of drug-likeness (QED) is 0.791. The third kappa shape index (κ3) is 2.62. The molecule has 0 bridgehead atoms. The lowest BCUT2D eigenvalue weighted by Crippen LogP contribution is -2.24. The maximum absolute atomic E-state index is 11.4. The van der Waals surface area contributed by atoms with Gasteiger partial charge in [-0.3, -0.25) is 0 Å². The molecule has 5 heteroatoms. The first-order valence-corrected chi connectivity index (χ1v) is 7.63. The molecule has 1 atom stereocenters. The highest BCUT2D eigenvalue weighted by Crippen LogP contribution is 2.43. The SMILES string of the molecule is CCCNC(c1cc2[nH]c(=O)[nH]c2cc1Br)C1CC1. The normalized spacial score (nSPS) is 16.9. The summed E-state index contributed by atoms with van der Waals surface area (Å²) in [6.45, 7) is 3.20. The summed E-state index contributed by atoms with van der Waals surface area (Å²) in [6, 6.07) is 4.46. The second kappa shape index (κ2) is 5.13. The fourth-order valence-corrected chi connectivity index (χ4v) is 3.16. The minimum absolute atomic E-state index is 0.150. The fraction of sp³-hybridized carbons (Fsp3) is 0.500. The second-order valence-electron chi connectivity index (χ2n) is 5.27. The maximum Gasteiger partial charge on any atom is 0.323 e. The van der Waals surface area contributed by atoms with Crippen molar-refractivity contribution in [1.29, 1.82) is 0 Å². The third-order valence-corrected chi connectivity index (χ3v) is 4.36. The van der Waals surface area contributed by atoms with Gasteiger partial charge in [-0.25, -0.2) is 4.79 Å². The Hall–Kier alpha value is -1.07. The molecule has 3 rings (SSSR count). The van der Waals surface area contributed by atoms with Crippen LogP contribution in [0, 0.1) is 5.92 Å². The Labute approximate surface area is 120 Å². The molecule has 4 nitrogen and oxygen atoms in total. The summed E-state index contributed by atoms with van der Waals surface area (Å²) >= 11 is 3.64. The van der Waals surface area contributed by atoms with E-state index in [1.165, 1.54) is 18.4 Å². The Kier molecular flexibility index (Phi) is 3.50. The topological polar surface area (TPSA) is 60.7 Å². The minimum Gasteiger partial charge on any atom is -0.310 e. The van der Waals surface area contributed by atoms with Gasteiger partial charge >= 0.3 is 5.69 Å². The fourth-order valence-electron chi connectivity index (χ4n) is 2.57. The number of aromatic nitrogens is 2. The van der Waals surface area contributed by atoms with Gasteiger partial charge < -0.3 is 15.3 Å². The zero-order valence-corrected chi connectivity index (χ0v) is 12.5. The van der Waals surface area contributed by atoms with Crippen LogP contribution in [0.15, 0.2) is 21.4 Å². The maximum atomic E-state index is 11.4. The molecule has 0 radical (unpaired) electrons. The first-order chi connectivity index (χ1) is 9.19. The summed E-state index contributed by atoms with van der Waals surface area (Å²) in [5.74, 6) is 0.728. The van der Waals surface area contributed by atoms with Gasteiger partial charge in [-0.15, -0.1) is 0 Å². The second-order valence-corrected chi connectivity index (χ2v) is 6.12. The highest BCUT2D eigenvalue weighted by atomic mass is 79.9. The Bertz CT molecular complexity index is 642. The van der Waals surface area contributed by atoms with E-state index < -0.39 is 0 Å². The van der Waals surface area contributed by atoms with E-state index in [2.05, 4.69) is 44.2 Å². The number of halogens is 1. The zero-order valence-electron chi connectivity index (χ0n) is 10.9. The summed E-state index contributed by atoms with van der Waals surface area (Å²) in [7, 11) is 0. The molecule has 1 saturated carbocycles.